The highest BCUT2D eigenvalue weighted by Gasteiger charge is 2.83. The van der Waals surface area contributed by atoms with Crippen molar-refractivity contribution in [3.05, 3.63) is 77.0 Å². The molecular weight excluding hydrogens is 362 g/mol. The molecule has 1 aromatic heterocycles. The fourth-order valence-corrected chi connectivity index (χ4v) is 8.15. The zero-order valence-corrected chi connectivity index (χ0v) is 19.1. The molecule has 3 unspecified atom stereocenters. The van der Waals surface area contributed by atoms with Gasteiger partial charge in [0.2, 0.25) is 5.69 Å². The van der Waals surface area contributed by atoms with E-state index in [0.717, 1.165) is 0 Å². The highest BCUT2D eigenvalue weighted by molar-refractivity contribution is 5.90. The lowest BCUT2D eigenvalue weighted by Crippen LogP contribution is -2.55. The third-order valence-electron chi connectivity index (χ3n) is 9.27. The SMILES string of the molecule is CCC12c3ccc(-c4ccccc4)c4c3-c3c(c(C)cc[n+]3C1(CC)C2C)C4(C)C. The predicted molar refractivity (Wildman–Crippen MR) is 124 cm³/mol. The molecule has 1 fully saturated rings. The summed E-state index contributed by atoms with van der Waals surface area (Å²) in [6.45, 7) is 14.5. The summed E-state index contributed by atoms with van der Waals surface area (Å²) in [5, 5.41) is 0. The summed E-state index contributed by atoms with van der Waals surface area (Å²) in [5.74, 6) is 0.664. The van der Waals surface area contributed by atoms with Gasteiger partial charge in [-0.1, -0.05) is 77.1 Å². The molecule has 0 saturated heterocycles. The number of rotatable bonds is 3. The van der Waals surface area contributed by atoms with Crippen molar-refractivity contribution in [2.24, 2.45) is 5.92 Å². The van der Waals surface area contributed by atoms with Crippen LogP contribution >= 0.6 is 0 Å². The lowest BCUT2D eigenvalue weighted by atomic mass is 9.75. The zero-order valence-electron chi connectivity index (χ0n) is 19.1. The summed E-state index contributed by atoms with van der Waals surface area (Å²) in [4.78, 5) is 0. The molecule has 3 atom stereocenters. The fraction of sp³-hybridized carbons (Fsp3) is 0.414. The molecule has 0 spiro atoms. The molecule has 30 heavy (non-hydrogen) atoms. The third-order valence-corrected chi connectivity index (χ3v) is 9.27. The number of hydrogen-bond acceptors (Lipinski definition) is 0. The van der Waals surface area contributed by atoms with Crippen LogP contribution in [0, 0.1) is 12.8 Å². The molecular formula is C29H32N+. The van der Waals surface area contributed by atoms with Gasteiger partial charge in [-0.2, -0.15) is 4.57 Å². The molecule has 1 aliphatic heterocycles. The number of aromatic nitrogens is 1. The Kier molecular flexibility index (Phi) is 3.33. The minimum atomic E-state index is 0.00280. The van der Waals surface area contributed by atoms with Gasteiger partial charge in [0.1, 0.15) is 0 Å². The van der Waals surface area contributed by atoms with Crippen molar-refractivity contribution >= 4 is 0 Å². The van der Waals surface area contributed by atoms with Gasteiger partial charge in [-0.15, -0.1) is 0 Å². The summed E-state index contributed by atoms with van der Waals surface area (Å²) in [5.41, 5.74) is 12.4. The van der Waals surface area contributed by atoms with Crippen molar-refractivity contribution < 1.29 is 4.57 Å². The summed E-state index contributed by atoms with van der Waals surface area (Å²) >= 11 is 0. The van der Waals surface area contributed by atoms with Crippen molar-refractivity contribution in [2.75, 3.05) is 0 Å². The van der Waals surface area contributed by atoms with Crippen LogP contribution in [0.2, 0.25) is 0 Å². The van der Waals surface area contributed by atoms with E-state index in [1.807, 2.05) is 0 Å². The number of fused-ring (bicyclic) bond motifs is 3. The largest absolute Gasteiger partial charge is 0.218 e. The second-order valence-corrected chi connectivity index (χ2v) is 10.3. The van der Waals surface area contributed by atoms with E-state index in [0.29, 0.717) is 5.92 Å². The highest BCUT2D eigenvalue weighted by Crippen LogP contribution is 2.74. The van der Waals surface area contributed by atoms with Gasteiger partial charge in [0, 0.05) is 29.4 Å². The van der Waals surface area contributed by atoms with Gasteiger partial charge in [-0.25, -0.2) is 0 Å². The molecule has 2 aliphatic carbocycles. The van der Waals surface area contributed by atoms with Gasteiger partial charge in [0.25, 0.3) is 0 Å². The van der Waals surface area contributed by atoms with Crippen molar-refractivity contribution in [3.8, 4) is 22.4 Å². The maximum atomic E-state index is 2.72. The molecule has 3 aliphatic rings. The van der Waals surface area contributed by atoms with Crippen molar-refractivity contribution in [1.29, 1.82) is 0 Å². The summed E-state index contributed by atoms with van der Waals surface area (Å²) in [6.07, 6.45) is 4.81. The van der Waals surface area contributed by atoms with Crippen LogP contribution in [-0.2, 0) is 16.4 Å². The molecule has 6 rings (SSSR count). The molecule has 0 bridgehead atoms. The summed E-state index contributed by atoms with van der Waals surface area (Å²) in [7, 11) is 0. The van der Waals surface area contributed by atoms with Crippen LogP contribution in [0.25, 0.3) is 22.4 Å². The maximum Gasteiger partial charge on any atom is 0.218 e. The average Bonchev–Trinajstić information content (AvgIpc) is 3.21. The molecule has 1 saturated carbocycles. The Balaban J connectivity index is 1.81. The minimum Gasteiger partial charge on any atom is -0.191 e. The first kappa shape index (κ1) is 18.4. The Morgan fingerprint density at radius 3 is 2.30 bits per heavy atom. The summed E-state index contributed by atoms with van der Waals surface area (Å²) in [6, 6.07) is 18.3. The normalized spacial score (nSPS) is 28.8. The Labute approximate surface area is 180 Å². The molecule has 1 nitrogen and oxygen atoms in total. The Morgan fingerprint density at radius 1 is 0.900 bits per heavy atom. The average molecular weight is 395 g/mol. The standard InChI is InChI=1S/C29H32N/c1-7-28-19(4)29(28,8-2)30-17-16-18(3)24-26(30)23-22(28)15-14-21(25(23)27(24,5)6)20-12-10-9-11-13-20/h9-17,19H,7-8H2,1-6H3/q+1. The molecule has 0 N–H and O–H groups in total. The van der Waals surface area contributed by atoms with Crippen molar-refractivity contribution in [1.82, 2.24) is 0 Å². The van der Waals surface area contributed by atoms with Gasteiger partial charge in [0.15, 0.2) is 11.7 Å². The van der Waals surface area contributed by atoms with E-state index in [9.17, 15) is 0 Å². The Bertz CT molecular complexity index is 1220. The van der Waals surface area contributed by atoms with E-state index in [1.54, 1.807) is 22.3 Å². The smallest absolute Gasteiger partial charge is 0.191 e. The van der Waals surface area contributed by atoms with E-state index in [1.165, 1.54) is 35.2 Å². The van der Waals surface area contributed by atoms with Crippen LogP contribution in [0.15, 0.2) is 54.7 Å². The molecule has 1 heteroatoms. The monoisotopic (exact) mass is 394 g/mol. The topological polar surface area (TPSA) is 3.88 Å². The number of aryl methyl sites for hydroxylation is 1. The Hall–Kier alpha value is -2.41. The van der Waals surface area contributed by atoms with E-state index in [4.69, 9.17) is 0 Å². The maximum absolute atomic E-state index is 2.72. The van der Waals surface area contributed by atoms with Crippen molar-refractivity contribution in [3.63, 3.8) is 0 Å². The van der Waals surface area contributed by atoms with Gasteiger partial charge in [-0.05, 0) is 41.2 Å². The summed E-state index contributed by atoms with van der Waals surface area (Å²) < 4.78 is 2.72. The predicted octanol–water partition coefficient (Wildman–Crippen LogP) is 6.67. The number of pyridine rings is 1. The van der Waals surface area contributed by atoms with E-state index in [2.05, 4.69) is 101 Å². The van der Waals surface area contributed by atoms with Crippen molar-refractivity contribution in [2.45, 2.75) is 70.8 Å². The van der Waals surface area contributed by atoms with Crippen LogP contribution in [0.4, 0.5) is 0 Å². The number of hydrogen-bond donors (Lipinski definition) is 0. The van der Waals surface area contributed by atoms with E-state index >= 15 is 0 Å². The second-order valence-electron chi connectivity index (χ2n) is 10.3. The van der Waals surface area contributed by atoms with Crippen LogP contribution in [0.3, 0.4) is 0 Å². The zero-order chi connectivity index (χ0) is 21.1. The van der Waals surface area contributed by atoms with Crippen LogP contribution in [0.1, 0.15) is 69.7 Å². The Morgan fingerprint density at radius 2 is 1.63 bits per heavy atom. The lowest BCUT2D eigenvalue weighted by Gasteiger charge is -2.29. The first-order chi connectivity index (χ1) is 14.4. The van der Waals surface area contributed by atoms with Gasteiger partial charge in [-0.3, -0.25) is 0 Å². The first-order valence-electron chi connectivity index (χ1n) is 11.7. The number of nitrogens with zero attached hydrogens (tertiary/aromatic N) is 1. The van der Waals surface area contributed by atoms with Crippen LogP contribution in [0.5, 0.6) is 0 Å². The quantitative estimate of drug-likeness (QED) is 0.437. The van der Waals surface area contributed by atoms with Gasteiger partial charge in [0.05, 0.1) is 11.0 Å². The second kappa shape index (κ2) is 5.44. The number of benzene rings is 2. The molecule has 3 aromatic rings. The molecule has 2 aromatic carbocycles. The lowest BCUT2D eigenvalue weighted by molar-refractivity contribution is -0.738. The minimum absolute atomic E-state index is 0.00280. The third kappa shape index (κ3) is 1.66. The van der Waals surface area contributed by atoms with Gasteiger partial charge >= 0.3 is 0 Å². The van der Waals surface area contributed by atoms with E-state index in [-0.39, 0.29) is 16.4 Å². The fourth-order valence-electron chi connectivity index (χ4n) is 8.15. The van der Waals surface area contributed by atoms with Gasteiger partial charge < -0.3 is 0 Å². The molecule has 2 heterocycles. The van der Waals surface area contributed by atoms with E-state index < -0.39 is 0 Å². The molecule has 0 radical (unpaired) electrons. The van der Waals surface area contributed by atoms with Crippen LogP contribution in [-0.4, -0.2) is 0 Å². The first-order valence-corrected chi connectivity index (χ1v) is 11.7. The highest BCUT2D eigenvalue weighted by atomic mass is 15.2. The molecule has 152 valence electrons. The molecule has 0 amide bonds. The van der Waals surface area contributed by atoms with Crippen LogP contribution < -0.4 is 4.57 Å².